The molecule has 0 fully saturated rings. The largest absolute Gasteiger partial charge is 0.478 e. The molecule has 0 unspecified atom stereocenters. The molecule has 1 rings (SSSR count). The van der Waals surface area contributed by atoms with E-state index in [1.165, 1.54) is 12.0 Å². The molecular weight excluding hydrogens is 283 g/mol. The lowest BCUT2D eigenvalue weighted by Gasteiger charge is -2.22. The Labute approximate surface area is 120 Å². The summed E-state index contributed by atoms with van der Waals surface area (Å²) >= 11 is 0. The van der Waals surface area contributed by atoms with E-state index in [9.17, 15) is 14.0 Å². The number of carbonyl (C=O) groups is 2. The third-order valence-corrected chi connectivity index (χ3v) is 2.68. The molecule has 0 aliphatic heterocycles. The van der Waals surface area contributed by atoms with Crippen LogP contribution in [0.15, 0.2) is 18.2 Å². The lowest BCUT2D eigenvalue weighted by atomic mass is 10.2. The SMILES string of the molecule is COCCN(CCO)C(=O)Nc1cc(F)ccc1C(=O)O. The van der Waals surface area contributed by atoms with Crippen LogP contribution in [-0.2, 0) is 4.74 Å². The molecule has 0 radical (unpaired) electrons. The summed E-state index contributed by atoms with van der Waals surface area (Å²) in [6, 6.07) is 2.34. The molecule has 21 heavy (non-hydrogen) atoms. The minimum atomic E-state index is -1.28. The molecule has 0 saturated heterocycles. The Balaban J connectivity index is 2.89. The van der Waals surface area contributed by atoms with Crippen LogP contribution in [0.25, 0.3) is 0 Å². The number of urea groups is 1. The number of carboxylic acids is 1. The van der Waals surface area contributed by atoms with E-state index < -0.39 is 17.8 Å². The number of hydrogen-bond acceptors (Lipinski definition) is 4. The van der Waals surface area contributed by atoms with Crippen molar-refractivity contribution in [2.45, 2.75) is 0 Å². The molecule has 0 heterocycles. The summed E-state index contributed by atoms with van der Waals surface area (Å²) in [7, 11) is 1.46. The number of amides is 2. The summed E-state index contributed by atoms with van der Waals surface area (Å²) in [4.78, 5) is 24.3. The number of halogens is 1. The van der Waals surface area contributed by atoms with Crippen molar-refractivity contribution in [3.05, 3.63) is 29.6 Å². The Kier molecular flexibility index (Phi) is 6.57. The molecule has 2 amide bonds. The molecule has 0 bridgehead atoms. The zero-order valence-electron chi connectivity index (χ0n) is 11.5. The van der Waals surface area contributed by atoms with Crippen LogP contribution in [0.2, 0.25) is 0 Å². The van der Waals surface area contributed by atoms with Gasteiger partial charge in [0.05, 0.1) is 24.5 Å². The molecule has 0 spiro atoms. The van der Waals surface area contributed by atoms with Gasteiger partial charge in [-0.15, -0.1) is 0 Å². The number of rotatable bonds is 7. The lowest BCUT2D eigenvalue weighted by molar-refractivity contribution is 0.0698. The molecule has 8 heteroatoms. The van der Waals surface area contributed by atoms with E-state index >= 15 is 0 Å². The highest BCUT2D eigenvalue weighted by molar-refractivity contribution is 6.00. The summed E-state index contributed by atoms with van der Waals surface area (Å²) in [5.74, 6) is -1.95. The maximum absolute atomic E-state index is 13.2. The van der Waals surface area contributed by atoms with E-state index in [1.807, 2.05) is 0 Å². The number of aromatic carboxylic acids is 1. The van der Waals surface area contributed by atoms with Crippen LogP contribution in [0.1, 0.15) is 10.4 Å². The average molecular weight is 300 g/mol. The standard InChI is InChI=1S/C13H17FN2O5/c1-21-7-5-16(4-6-17)13(20)15-11-8-9(14)2-3-10(11)12(18)19/h2-3,8,17H,4-7H2,1H3,(H,15,20)(H,18,19). The summed E-state index contributed by atoms with van der Waals surface area (Å²) < 4.78 is 18.0. The number of benzene rings is 1. The predicted octanol–water partition coefficient (Wildman–Crippen LogP) is 0.997. The number of hydrogen-bond donors (Lipinski definition) is 3. The monoisotopic (exact) mass is 300 g/mol. The third kappa shape index (κ3) is 5.01. The van der Waals surface area contributed by atoms with Gasteiger partial charge in [-0.1, -0.05) is 0 Å². The first-order valence-corrected chi connectivity index (χ1v) is 6.18. The fourth-order valence-electron chi connectivity index (χ4n) is 1.64. The second kappa shape index (κ2) is 8.18. The van der Waals surface area contributed by atoms with Gasteiger partial charge in [0.1, 0.15) is 5.82 Å². The fourth-order valence-corrected chi connectivity index (χ4v) is 1.64. The van der Waals surface area contributed by atoms with Crippen molar-refractivity contribution < 1.29 is 28.9 Å². The van der Waals surface area contributed by atoms with Crippen LogP contribution in [0, 0.1) is 5.82 Å². The second-order valence-corrected chi connectivity index (χ2v) is 4.13. The van der Waals surface area contributed by atoms with Gasteiger partial charge in [0.25, 0.3) is 0 Å². The first kappa shape index (κ1) is 16.9. The quantitative estimate of drug-likeness (QED) is 0.697. The maximum Gasteiger partial charge on any atom is 0.337 e. The van der Waals surface area contributed by atoms with Gasteiger partial charge in [0.15, 0.2) is 0 Å². The van der Waals surface area contributed by atoms with Crippen LogP contribution in [0.5, 0.6) is 0 Å². The average Bonchev–Trinajstić information content (AvgIpc) is 2.43. The summed E-state index contributed by atoms with van der Waals surface area (Å²) in [5.41, 5.74) is -0.367. The van der Waals surface area contributed by atoms with Gasteiger partial charge in [-0.2, -0.15) is 0 Å². The molecule has 0 aliphatic carbocycles. The van der Waals surface area contributed by atoms with Crippen molar-refractivity contribution in [2.75, 3.05) is 38.7 Å². The van der Waals surface area contributed by atoms with Gasteiger partial charge in [0.2, 0.25) is 0 Å². The molecule has 1 aromatic rings. The zero-order valence-corrected chi connectivity index (χ0v) is 11.5. The van der Waals surface area contributed by atoms with Gasteiger partial charge in [-0.05, 0) is 18.2 Å². The van der Waals surface area contributed by atoms with Crippen molar-refractivity contribution >= 4 is 17.7 Å². The minimum Gasteiger partial charge on any atom is -0.478 e. The van der Waals surface area contributed by atoms with Gasteiger partial charge in [-0.3, -0.25) is 0 Å². The smallest absolute Gasteiger partial charge is 0.337 e. The Morgan fingerprint density at radius 2 is 2.10 bits per heavy atom. The van der Waals surface area contributed by atoms with Crippen molar-refractivity contribution in [2.24, 2.45) is 0 Å². The predicted molar refractivity (Wildman–Crippen MR) is 72.9 cm³/mol. The first-order valence-electron chi connectivity index (χ1n) is 6.18. The normalized spacial score (nSPS) is 10.2. The molecule has 0 atom stereocenters. The van der Waals surface area contributed by atoms with Crippen molar-refractivity contribution in [3.63, 3.8) is 0 Å². The lowest BCUT2D eigenvalue weighted by Crippen LogP contribution is -2.39. The maximum atomic E-state index is 13.2. The number of nitrogens with one attached hydrogen (secondary N) is 1. The number of anilines is 1. The van der Waals surface area contributed by atoms with Crippen molar-refractivity contribution in [1.29, 1.82) is 0 Å². The minimum absolute atomic E-state index is 0.0485. The number of aliphatic hydroxyl groups excluding tert-OH is 1. The topological polar surface area (TPSA) is 99.1 Å². The third-order valence-electron chi connectivity index (χ3n) is 2.68. The Bertz CT molecular complexity index is 509. The van der Waals surface area contributed by atoms with Crippen LogP contribution < -0.4 is 5.32 Å². The number of aliphatic hydroxyl groups is 1. The highest BCUT2D eigenvalue weighted by Crippen LogP contribution is 2.18. The number of methoxy groups -OCH3 is 1. The van der Waals surface area contributed by atoms with E-state index in [-0.39, 0.29) is 37.6 Å². The molecule has 0 aromatic heterocycles. The fraction of sp³-hybridized carbons (Fsp3) is 0.385. The molecule has 1 aromatic carbocycles. The van der Waals surface area contributed by atoms with E-state index in [4.69, 9.17) is 14.9 Å². The Morgan fingerprint density at radius 3 is 2.67 bits per heavy atom. The van der Waals surface area contributed by atoms with Crippen LogP contribution in [-0.4, -0.2) is 60.5 Å². The van der Waals surface area contributed by atoms with Crippen LogP contribution >= 0.6 is 0 Å². The van der Waals surface area contributed by atoms with Gasteiger partial charge < -0.3 is 25.2 Å². The number of ether oxygens (including phenoxy) is 1. The van der Waals surface area contributed by atoms with Crippen molar-refractivity contribution in [3.8, 4) is 0 Å². The van der Waals surface area contributed by atoms with Crippen LogP contribution in [0.3, 0.4) is 0 Å². The number of carbonyl (C=O) groups excluding carboxylic acids is 1. The molecule has 7 nitrogen and oxygen atoms in total. The molecular formula is C13H17FN2O5. The van der Waals surface area contributed by atoms with Crippen LogP contribution in [0.4, 0.5) is 14.9 Å². The number of carboxylic acid groups (broad SMARTS) is 1. The first-order chi connectivity index (χ1) is 9.99. The Morgan fingerprint density at radius 1 is 1.38 bits per heavy atom. The van der Waals surface area contributed by atoms with E-state index in [1.54, 1.807) is 0 Å². The summed E-state index contributed by atoms with van der Waals surface area (Å²) in [6.45, 7) is 0.252. The van der Waals surface area contributed by atoms with Gasteiger partial charge in [0, 0.05) is 20.2 Å². The second-order valence-electron chi connectivity index (χ2n) is 4.13. The zero-order chi connectivity index (χ0) is 15.8. The van der Waals surface area contributed by atoms with Gasteiger partial charge in [-0.25, -0.2) is 14.0 Å². The molecule has 0 saturated carbocycles. The van der Waals surface area contributed by atoms with E-state index in [2.05, 4.69) is 5.32 Å². The molecule has 0 aliphatic rings. The van der Waals surface area contributed by atoms with E-state index in [0.29, 0.717) is 0 Å². The highest BCUT2D eigenvalue weighted by Gasteiger charge is 2.17. The van der Waals surface area contributed by atoms with Crippen molar-refractivity contribution in [1.82, 2.24) is 4.90 Å². The highest BCUT2D eigenvalue weighted by atomic mass is 19.1. The van der Waals surface area contributed by atoms with Gasteiger partial charge >= 0.3 is 12.0 Å². The van der Waals surface area contributed by atoms with E-state index in [0.717, 1.165) is 18.2 Å². The number of nitrogens with zero attached hydrogens (tertiary/aromatic N) is 1. The summed E-state index contributed by atoms with van der Waals surface area (Å²) in [6.07, 6.45) is 0. The molecule has 116 valence electrons. The summed E-state index contributed by atoms with van der Waals surface area (Å²) in [5, 5.41) is 20.3. The Hall–Kier alpha value is -2.19. The molecule has 3 N–H and O–H groups in total.